The molecule has 0 spiro atoms. The molecule has 5 nitrogen and oxygen atoms in total. The lowest BCUT2D eigenvalue weighted by Gasteiger charge is -2.34. The average molecular weight is 427 g/mol. The number of nitrogens with zero attached hydrogens (tertiary/aromatic N) is 2. The fraction of sp³-hybridized carbons (Fsp3) is 0.458. The van der Waals surface area contributed by atoms with Crippen LogP contribution in [0.2, 0.25) is 0 Å². The lowest BCUT2D eigenvalue weighted by atomic mass is 9.96. The maximum Gasteiger partial charge on any atom is 0.243 e. The number of fused-ring (bicyclic) bond motifs is 1. The fourth-order valence-electron chi connectivity index (χ4n) is 4.61. The lowest BCUT2D eigenvalue weighted by Crippen LogP contribution is -2.46. The van der Waals surface area contributed by atoms with Gasteiger partial charge in [-0.1, -0.05) is 44.2 Å². The summed E-state index contributed by atoms with van der Waals surface area (Å²) in [5.74, 6) is 0.362. The molecule has 2 aromatic carbocycles. The van der Waals surface area contributed by atoms with Gasteiger partial charge in [-0.2, -0.15) is 4.31 Å². The van der Waals surface area contributed by atoms with Crippen molar-refractivity contribution in [2.75, 3.05) is 18.0 Å². The monoisotopic (exact) mass is 426 g/mol. The molecule has 0 bridgehead atoms. The number of amides is 1. The first-order valence-corrected chi connectivity index (χ1v) is 12.2. The Morgan fingerprint density at radius 2 is 1.63 bits per heavy atom. The summed E-state index contributed by atoms with van der Waals surface area (Å²) in [6.07, 6.45) is 2.00. The number of carbonyl (C=O) groups is 1. The molecule has 6 heteroatoms. The van der Waals surface area contributed by atoms with Crippen LogP contribution in [0.25, 0.3) is 0 Å². The van der Waals surface area contributed by atoms with E-state index < -0.39 is 10.0 Å². The third kappa shape index (κ3) is 3.79. The Bertz CT molecular complexity index is 1020. The number of sulfonamides is 1. The molecule has 2 aliphatic heterocycles. The molecule has 0 radical (unpaired) electrons. The van der Waals surface area contributed by atoms with Crippen molar-refractivity contribution >= 4 is 21.6 Å². The molecule has 1 saturated heterocycles. The molecular weight excluding hydrogens is 396 g/mol. The second kappa shape index (κ2) is 8.16. The molecule has 2 aliphatic rings. The molecule has 1 amide bonds. The molecule has 160 valence electrons. The van der Waals surface area contributed by atoms with Gasteiger partial charge in [0.25, 0.3) is 0 Å². The highest BCUT2D eigenvalue weighted by molar-refractivity contribution is 7.89. The van der Waals surface area contributed by atoms with E-state index in [4.69, 9.17) is 0 Å². The summed E-state index contributed by atoms with van der Waals surface area (Å²) in [6.45, 7) is 7.03. The Morgan fingerprint density at radius 3 is 2.27 bits per heavy atom. The Balaban J connectivity index is 1.44. The second-order valence-electron chi connectivity index (χ2n) is 8.79. The largest absolute Gasteiger partial charge is 0.309 e. The molecule has 2 aromatic rings. The normalized spacial score (nSPS) is 20.5. The van der Waals surface area contributed by atoms with Crippen molar-refractivity contribution in [1.82, 2.24) is 4.31 Å². The zero-order valence-electron chi connectivity index (χ0n) is 17.9. The third-order valence-electron chi connectivity index (χ3n) is 6.43. The summed E-state index contributed by atoms with van der Waals surface area (Å²) < 4.78 is 27.6. The van der Waals surface area contributed by atoms with Gasteiger partial charge in [0.2, 0.25) is 15.9 Å². The molecule has 0 aliphatic carbocycles. The number of anilines is 1. The Kier molecular flexibility index (Phi) is 5.73. The van der Waals surface area contributed by atoms with Gasteiger partial charge in [-0.25, -0.2) is 8.42 Å². The zero-order valence-corrected chi connectivity index (χ0v) is 18.7. The van der Waals surface area contributed by atoms with Crippen molar-refractivity contribution in [3.05, 3.63) is 59.7 Å². The quantitative estimate of drug-likeness (QED) is 0.737. The summed E-state index contributed by atoms with van der Waals surface area (Å²) in [4.78, 5) is 15.5. The van der Waals surface area contributed by atoms with Crippen molar-refractivity contribution in [3.63, 3.8) is 0 Å². The maximum atomic E-state index is 13.3. The molecule has 1 atom stereocenters. The predicted octanol–water partition coefficient (Wildman–Crippen LogP) is 4.19. The van der Waals surface area contributed by atoms with Crippen molar-refractivity contribution in [1.29, 1.82) is 0 Å². The Morgan fingerprint density at radius 1 is 1.00 bits per heavy atom. The van der Waals surface area contributed by atoms with Crippen LogP contribution in [-0.2, 0) is 21.2 Å². The number of benzene rings is 2. The first-order chi connectivity index (χ1) is 14.3. The van der Waals surface area contributed by atoms with Crippen LogP contribution in [0.15, 0.2) is 53.4 Å². The number of rotatable bonds is 4. The first-order valence-electron chi connectivity index (χ1n) is 10.8. The van der Waals surface area contributed by atoms with Crippen molar-refractivity contribution in [2.24, 2.45) is 5.92 Å². The molecule has 2 heterocycles. The smallest absolute Gasteiger partial charge is 0.243 e. The van der Waals surface area contributed by atoms with Gasteiger partial charge in [-0.3, -0.25) is 4.79 Å². The van der Waals surface area contributed by atoms with E-state index in [0.29, 0.717) is 36.7 Å². The third-order valence-corrected chi connectivity index (χ3v) is 8.35. The number of piperidine rings is 1. The molecule has 0 saturated carbocycles. The molecule has 1 unspecified atom stereocenters. The van der Waals surface area contributed by atoms with Gasteiger partial charge in [-0.15, -0.1) is 0 Å². The van der Waals surface area contributed by atoms with Crippen molar-refractivity contribution < 1.29 is 13.2 Å². The maximum absolute atomic E-state index is 13.3. The second-order valence-corrected chi connectivity index (χ2v) is 10.7. The summed E-state index contributed by atoms with van der Waals surface area (Å²) in [7, 11) is -3.52. The average Bonchev–Trinajstić information content (AvgIpc) is 3.09. The van der Waals surface area contributed by atoms with E-state index in [1.165, 1.54) is 9.87 Å². The number of hydrogen-bond acceptors (Lipinski definition) is 3. The van der Waals surface area contributed by atoms with Crippen molar-refractivity contribution in [2.45, 2.75) is 56.9 Å². The highest BCUT2D eigenvalue weighted by Gasteiger charge is 2.38. The van der Waals surface area contributed by atoms with Crippen LogP contribution in [0, 0.1) is 5.92 Å². The van der Waals surface area contributed by atoms with Crippen LogP contribution in [0.5, 0.6) is 0 Å². The molecule has 0 N–H and O–H groups in total. The van der Waals surface area contributed by atoms with E-state index in [2.05, 4.69) is 26.8 Å². The van der Waals surface area contributed by atoms with E-state index in [9.17, 15) is 13.2 Å². The van der Waals surface area contributed by atoms with Crippen LogP contribution in [0.3, 0.4) is 0 Å². The molecule has 0 aromatic heterocycles. The van der Waals surface area contributed by atoms with Gasteiger partial charge < -0.3 is 4.90 Å². The van der Waals surface area contributed by atoms with Crippen molar-refractivity contribution in [3.8, 4) is 0 Å². The van der Waals surface area contributed by atoms with E-state index in [1.807, 2.05) is 35.2 Å². The molecular formula is C24H30N2O3S. The van der Waals surface area contributed by atoms with Crippen LogP contribution in [0.4, 0.5) is 5.69 Å². The predicted molar refractivity (Wildman–Crippen MR) is 119 cm³/mol. The Labute approximate surface area is 179 Å². The topological polar surface area (TPSA) is 57.7 Å². The van der Waals surface area contributed by atoms with Crippen LogP contribution in [-0.4, -0.2) is 37.8 Å². The standard InChI is InChI=1S/C24H30N2O3S/c1-17(2)19-8-10-22(11-9-19)30(28,29)25-14-12-20(13-15-25)24(27)26-18(3)16-21-6-4-5-7-23(21)26/h4-11,17-18,20H,12-16H2,1-3H3. The van der Waals surface area contributed by atoms with Gasteiger partial charge >= 0.3 is 0 Å². The number of para-hydroxylation sites is 1. The van der Waals surface area contributed by atoms with E-state index in [1.54, 1.807) is 12.1 Å². The summed E-state index contributed by atoms with van der Waals surface area (Å²) >= 11 is 0. The SMILES string of the molecule is CC(C)c1ccc(S(=O)(=O)N2CCC(C(=O)N3c4ccccc4CC3C)CC2)cc1. The van der Waals surface area contributed by atoms with Gasteiger partial charge in [0.15, 0.2) is 0 Å². The summed E-state index contributed by atoms with van der Waals surface area (Å²) in [5.41, 5.74) is 3.34. The molecule has 30 heavy (non-hydrogen) atoms. The first kappa shape index (κ1) is 21.1. The molecule has 1 fully saturated rings. The van der Waals surface area contributed by atoms with E-state index in [0.717, 1.165) is 17.7 Å². The van der Waals surface area contributed by atoms with E-state index in [-0.39, 0.29) is 17.9 Å². The number of carbonyl (C=O) groups excluding carboxylic acids is 1. The van der Waals surface area contributed by atoms with Gasteiger partial charge in [0.05, 0.1) is 4.90 Å². The molecule has 4 rings (SSSR count). The van der Waals surface area contributed by atoms with Gasteiger partial charge in [0.1, 0.15) is 0 Å². The highest BCUT2D eigenvalue weighted by Crippen LogP contribution is 2.35. The lowest BCUT2D eigenvalue weighted by molar-refractivity contribution is -0.123. The van der Waals surface area contributed by atoms with E-state index >= 15 is 0 Å². The van der Waals surface area contributed by atoms with Gasteiger partial charge in [-0.05, 0) is 61.4 Å². The highest BCUT2D eigenvalue weighted by atomic mass is 32.2. The number of hydrogen-bond donors (Lipinski definition) is 0. The minimum atomic E-state index is -3.52. The Hall–Kier alpha value is -2.18. The fourth-order valence-corrected chi connectivity index (χ4v) is 6.08. The van der Waals surface area contributed by atoms with Crippen LogP contribution >= 0.6 is 0 Å². The zero-order chi connectivity index (χ0) is 21.5. The van der Waals surface area contributed by atoms with Gasteiger partial charge in [0, 0.05) is 30.7 Å². The minimum Gasteiger partial charge on any atom is -0.309 e. The summed E-state index contributed by atoms with van der Waals surface area (Å²) in [6, 6.07) is 15.4. The van der Waals surface area contributed by atoms with Crippen LogP contribution < -0.4 is 4.90 Å². The minimum absolute atomic E-state index is 0.130. The van der Waals surface area contributed by atoms with Crippen LogP contribution in [0.1, 0.15) is 50.7 Å². The summed E-state index contributed by atoms with van der Waals surface area (Å²) in [5, 5.41) is 0.